The number of rotatable bonds is 0. The molecule has 0 saturated heterocycles. The number of hydrogen-bond acceptors (Lipinski definition) is 6. The van der Waals surface area contributed by atoms with Gasteiger partial charge in [0, 0.05) is 23.6 Å². The van der Waals surface area contributed by atoms with Crippen LogP contribution in [0.25, 0.3) is 5.57 Å². The average Bonchev–Trinajstić information content (AvgIpc) is 2.31. The minimum absolute atomic E-state index is 0.0433. The number of carbonyl (C=O) groups is 1. The molecule has 106 valence electrons. The molecule has 3 rings (SSSR count). The van der Waals surface area contributed by atoms with Crippen LogP contribution in [0.3, 0.4) is 0 Å². The Morgan fingerprint density at radius 2 is 2.00 bits per heavy atom. The molecule has 0 saturated carbocycles. The summed E-state index contributed by atoms with van der Waals surface area (Å²) in [6, 6.07) is 2.39. The predicted molar refractivity (Wildman–Crippen MR) is 68.2 cm³/mol. The number of aromatic hydroxyl groups is 2. The van der Waals surface area contributed by atoms with Gasteiger partial charge in [0.15, 0.2) is 0 Å². The lowest BCUT2D eigenvalue weighted by molar-refractivity contribution is -0.0387. The summed E-state index contributed by atoms with van der Waals surface area (Å²) in [4.78, 5) is 12.0. The highest BCUT2D eigenvalue weighted by molar-refractivity contribution is 6.03. The number of hydrogen-bond donors (Lipinski definition) is 4. The molecule has 3 atom stereocenters. The number of ether oxygens (including phenoxy) is 1. The maximum absolute atomic E-state index is 12.0. The third kappa shape index (κ3) is 1.69. The van der Waals surface area contributed by atoms with Crippen LogP contribution in [0.5, 0.6) is 11.5 Å². The van der Waals surface area contributed by atoms with E-state index in [1.165, 1.54) is 12.1 Å². The Labute approximate surface area is 114 Å². The zero-order valence-corrected chi connectivity index (χ0v) is 10.7. The van der Waals surface area contributed by atoms with Crippen LogP contribution in [-0.2, 0) is 4.74 Å². The van der Waals surface area contributed by atoms with Crippen molar-refractivity contribution < 1.29 is 30.0 Å². The maximum atomic E-state index is 12.0. The first-order valence-corrected chi connectivity index (χ1v) is 6.20. The fraction of sp³-hybridized carbons (Fsp3) is 0.357. The van der Waals surface area contributed by atoms with Gasteiger partial charge in [0.1, 0.15) is 22.7 Å². The molecular weight excluding hydrogens is 264 g/mol. The predicted octanol–water partition coefficient (Wildman–Crippen LogP) is 0.536. The number of phenols is 2. The van der Waals surface area contributed by atoms with Gasteiger partial charge in [-0.2, -0.15) is 0 Å². The maximum Gasteiger partial charge on any atom is 0.343 e. The number of carbonyl (C=O) groups excluding carboxylic acids is 1. The van der Waals surface area contributed by atoms with E-state index in [1.54, 1.807) is 6.92 Å². The van der Waals surface area contributed by atoms with Crippen molar-refractivity contribution in [3.63, 3.8) is 0 Å². The second-order valence-corrected chi connectivity index (χ2v) is 5.35. The van der Waals surface area contributed by atoms with Gasteiger partial charge >= 0.3 is 5.97 Å². The van der Waals surface area contributed by atoms with Crippen molar-refractivity contribution in [3.8, 4) is 11.5 Å². The molecule has 0 spiro atoms. The number of esters is 1. The molecule has 0 amide bonds. The third-order valence-corrected chi connectivity index (χ3v) is 3.81. The van der Waals surface area contributed by atoms with Gasteiger partial charge in [-0.25, -0.2) is 4.79 Å². The second-order valence-electron chi connectivity index (χ2n) is 5.35. The molecule has 0 fully saturated rings. The van der Waals surface area contributed by atoms with E-state index in [2.05, 4.69) is 0 Å². The van der Waals surface area contributed by atoms with Gasteiger partial charge in [-0.1, -0.05) is 0 Å². The van der Waals surface area contributed by atoms with Gasteiger partial charge in [-0.3, -0.25) is 0 Å². The Bertz CT molecular complexity index is 635. The van der Waals surface area contributed by atoms with Gasteiger partial charge in [0.2, 0.25) is 0 Å². The number of phenolic OH excluding ortho intramolecular Hbond substituents is 2. The fourth-order valence-electron chi connectivity index (χ4n) is 2.85. The lowest BCUT2D eigenvalue weighted by atomic mass is 9.75. The lowest BCUT2D eigenvalue weighted by Crippen LogP contribution is -2.47. The van der Waals surface area contributed by atoms with Crippen molar-refractivity contribution in [2.24, 2.45) is 0 Å². The van der Waals surface area contributed by atoms with Gasteiger partial charge in [0.25, 0.3) is 0 Å². The van der Waals surface area contributed by atoms with Gasteiger partial charge in [-0.05, 0) is 19.1 Å². The first-order valence-electron chi connectivity index (χ1n) is 6.20. The topological polar surface area (TPSA) is 107 Å². The molecule has 0 aromatic heterocycles. The highest BCUT2D eigenvalue weighted by Gasteiger charge is 2.47. The standard InChI is InChI=1S/C14H14O6/c1-14-5-11(18)9(16)4-8(14)7-2-6(15)3-10(17)12(7)13(19)20-14/h2-4,9,11,15-18H,5H2,1H3/t9-,11+,14-/m1/s1. The van der Waals surface area contributed by atoms with Crippen LogP contribution in [0.2, 0.25) is 0 Å². The van der Waals surface area contributed by atoms with Crippen molar-refractivity contribution >= 4 is 11.5 Å². The summed E-state index contributed by atoms with van der Waals surface area (Å²) >= 11 is 0. The molecule has 0 bridgehead atoms. The summed E-state index contributed by atoms with van der Waals surface area (Å²) in [5, 5.41) is 38.9. The van der Waals surface area contributed by atoms with E-state index < -0.39 is 23.8 Å². The summed E-state index contributed by atoms with van der Waals surface area (Å²) in [5.41, 5.74) is -0.360. The number of aliphatic hydroxyl groups excluding tert-OH is 2. The van der Waals surface area contributed by atoms with Crippen LogP contribution >= 0.6 is 0 Å². The van der Waals surface area contributed by atoms with Gasteiger partial charge < -0.3 is 25.2 Å². The molecule has 0 unspecified atom stereocenters. The number of fused-ring (bicyclic) bond motifs is 3. The van der Waals surface area contributed by atoms with E-state index in [0.717, 1.165) is 6.07 Å². The van der Waals surface area contributed by atoms with E-state index in [0.29, 0.717) is 11.1 Å². The molecule has 4 N–H and O–H groups in total. The molecular formula is C14H14O6. The van der Waals surface area contributed by atoms with Gasteiger partial charge in [0.05, 0.1) is 12.2 Å². The molecule has 20 heavy (non-hydrogen) atoms. The van der Waals surface area contributed by atoms with Crippen molar-refractivity contribution in [2.75, 3.05) is 0 Å². The molecule has 0 radical (unpaired) electrons. The highest BCUT2D eigenvalue weighted by atomic mass is 16.6. The van der Waals surface area contributed by atoms with Crippen LogP contribution in [0.1, 0.15) is 29.3 Å². The van der Waals surface area contributed by atoms with E-state index >= 15 is 0 Å². The van der Waals surface area contributed by atoms with Crippen LogP contribution < -0.4 is 0 Å². The molecule has 2 aliphatic rings. The van der Waals surface area contributed by atoms with E-state index in [-0.39, 0.29) is 23.5 Å². The van der Waals surface area contributed by atoms with Crippen molar-refractivity contribution in [2.45, 2.75) is 31.2 Å². The zero-order valence-electron chi connectivity index (χ0n) is 10.7. The van der Waals surface area contributed by atoms with Crippen molar-refractivity contribution in [1.82, 2.24) is 0 Å². The van der Waals surface area contributed by atoms with Crippen molar-refractivity contribution in [1.29, 1.82) is 0 Å². The Hall–Kier alpha value is -2.05. The lowest BCUT2D eigenvalue weighted by Gasteiger charge is -2.42. The molecule has 1 aromatic carbocycles. The van der Waals surface area contributed by atoms with Crippen LogP contribution in [-0.4, -0.2) is 44.2 Å². The largest absolute Gasteiger partial charge is 0.508 e. The first-order chi connectivity index (χ1) is 9.32. The molecule has 1 heterocycles. The normalized spacial score (nSPS) is 31.9. The van der Waals surface area contributed by atoms with Crippen LogP contribution in [0.4, 0.5) is 0 Å². The summed E-state index contributed by atoms with van der Waals surface area (Å²) < 4.78 is 5.32. The number of benzene rings is 1. The monoisotopic (exact) mass is 278 g/mol. The Morgan fingerprint density at radius 3 is 2.70 bits per heavy atom. The highest BCUT2D eigenvalue weighted by Crippen LogP contribution is 2.47. The molecule has 1 aliphatic carbocycles. The van der Waals surface area contributed by atoms with Gasteiger partial charge in [-0.15, -0.1) is 0 Å². The minimum atomic E-state index is -1.09. The first kappa shape index (κ1) is 13.0. The van der Waals surface area contributed by atoms with E-state index in [4.69, 9.17) is 4.74 Å². The Balaban J connectivity index is 2.28. The number of aliphatic hydroxyl groups is 2. The Morgan fingerprint density at radius 1 is 1.30 bits per heavy atom. The Kier molecular flexibility index (Phi) is 2.57. The zero-order chi connectivity index (χ0) is 14.7. The van der Waals surface area contributed by atoms with E-state index in [1.807, 2.05) is 0 Å². The molecule has 1 aromatic rings. The quantitative estimate of drug-likeness (QED) is 0.516. The van der Waals surface area contributed by atoms with Crippen LogP contribution in [0.15, 0.2) is 18.2 Å². The minimum Gasteiger partial charge on any atom is -0.508 e. The third-order valence-electron chi connectivity index (χ3n) is 3.81. The summed E-state index contributed by atoms with van der Waals surface area (Å²) in [5.74, 6) is -1.30. The smallest absolute Gasteiger partial charge is 0.343 e. The summed E-state index contributed by atoms with van der Waals surface area (Å²) in [7, 11) is 0. The average molecular weight is 278 g/mol. The second kappa shape index (κ2) is 3.97. The molecule has 6 nitrogen and oxygen atoms in total. The summed E-state index contributed by atoms with van der Waals surface area (Å²) in [6.07, 6.45) is -0.698. The van der Waals surface area contributed by atoms with Crippen molar-refractivity contribution in [3.05, 3.63) is 29.3 Å². The van der Waals surface area contributed by atoms with E-state index in [9.17, 15) is 25.2 Å². The fourth-order valence-corrected chi connectivity index (χ4v) is 2.85. The molecule has 6 heteroatoms. The summed E-state index contributed by atoms with van der Waals surface area (Å²) in [6.45, 7) is 1.62. The molecule has 1 aliphatic heterocycles. The van der Waals surface area contributed by atoms with Crippen LogP contribution in [0, 0.1) is 0 Å². The SMILES string of the molecule is C[C@@]12C[C@H](O)[C@H](O)C=C1c1cc(O)cc(O)c1C(=O)O2.